The molecule has 1 aromatic carbocycles. The summed E-state index contributed by atoms with van der Waals surface area (Å²) in [6.45, 7) is 1.92. The lowest BCUT2D eigenvalue weighted by molar-refractivity contribution is -0.481. The largest absolute Gasteiger partial charge is 0.358 e. The Labute approximate surface area is 91.1 Å². The van der Waals surface area contributed by atoms with Gasteiger partial charge in [-0.2, -0.15) is 0 Å². The molecule has 1 rings (SSSR count). The zero-order valence-corrected chi connectivity index (χ0v) is 9.70. The number of hydrogen-bond acceptors (Lipinski definition) is 3. The van der Waals surface area contributed by atoms with Crippen molar-refractivity contribution < 1.29 is 9.45 Å². The summed E-state index contributed by atoms with van der Waals surface area (Å²) in [7, 11) is 2.16. The van der Waals surface area contributed by atoms with E-state index in [9.17, 15) is 10.1 Å². The van der Waals surface area contributed by atoms with E-state index in [1.807, 2.05) is 31.2 Å². The van der Waals surface area contributed by atoms with Crippen molar-refractivity contribution in [3.63, 3.8) is 0 Å². The summed E-state index contributed by atoms with van der Waals surface area (Å²) in [5.41, 5.74) is 2.13. The van der Waals surface area contributed by atoms with Crippen LogP contribution in [0, 0.1) is 17.0 Å². The van der Waals surface area contributed by atoms with Crippen LogP contribution in [-0.4, -0.2) is 11.5 Å². The van der Waals surface area contributed by atoms with Crippen molar-refractivity contribution in [3.05, 3.63) is 45.5 Å². The maximum atomic E-state index is 10.2. The van der Waals surface area contributed by atoms with Gasteiger partial charge in [-0.3, -0.25) is 10.1 Å². The van der Waals surface area contributed by atoms with Gasteiger partial charge >= 0.3 is 0 Å². The molecule has 15 heavy (non-hydrogen) atoms. The fourth-order valence-electron chi connectivity index (χ4n) is 1.32. The van der Waals surface area contributed by atoms with Crippen LogP contribution in [0.2, 0.25) is 0 Å². The zero-order chi connectivity index (χ0) is 11.3. The summed E-state index contributed by atoms with van der Waals surface area (Å²) in [5.74, 6) is 0. The van der Waals surface area contributed by atoms with Gasteiger partial charge in [-0.25, -0.2) is 0 Å². The maximum absolute atomic E-state index is 10.2. The molecule has 0 N–H and O–H groups in total. The molecule has 0 aliphatic carbocycles. The van der Waals surface area contributed by atoms with E-state index >= 15 is 0 Å². The van der Waals surface area contributed by atoms with Gasteiger partial charge in [0, 0.05) is 20.8 Å². The molecule has 2 atom stereocenters. The van der Waals surface area contributed by atoms with Crippen molar-refractivity contribution in [3.8, 4) is 0 Å². The summed E-state index contributed by atoms with van der Waals surface area (Å²) in [6, 6.07) is 7.81. The normalized spacial score (nSPS) is 12.4. The molecule has 0 heterocycles. The van der Waals surface area contributed by atoms with E-state index in [1.165, 1.54) is 0 Å². The molecule has 2 unspecified atom stereocenters. The Bertz CT molecular complexity index is 326. The fourth-order valence-corrected chi connectivity index (χ4v) is 1.61. The smallest absolute Gasteiger partial charge is 0.206 e. The summed E-state index contributed by atoms with van der Waals surface area (Å²) >= 11 is 0. The molecular formula is C10H14NO3P. The molecule has 0 spiro atoms. The van der Waals surface area contributed by atoms with E-state index < -0.39 is 0 Å². The van der Waals surface area contributed by atoms with Gasteiger partial charge in [-0.15, -0.1) is 0 Å². The second kappa shape index (κ2) is 5.79. The minimum Gasteiger partial charge on any atom is -0.358 e. The Balaban J connectivity index is 2.65. The Morgan fingerprint density at radius 1 is 1.47 bits per heavy atom. The van der Waals surface area contributed by atoms with Crippen LogP contribution in [0.25, 0.3) is 0 Å². The van der Waals surface area contributed by atoms with Crippen LogP contribution in [0.15, 0.2) is 24.3 Å². The SMILES string of the molecule is Cc1ccc(C(CC[N+](=O)[O-])OP)cc1. The molecule has 4 nitrogen and oxygen atoms in total. The van der Waals surface area contributed by atoms with Crippen molar-refractivity contribution in [1.29, 1.82) is 0 Å². The maximum Gasteiger partial charge on any atom is 0.206 e. The van der Waals surface area contributed by atoms with E-state index in [4.69, 9.17) is 4.52 Å². The van der Waals surface area contributed by atoms with E-state index in [2.05, 4.69) is 9.47 Å². The molecule has 0 fully saturated rings. The van der Waals surface area contributed by atoms with Crippen LogP contribution in [-0.2, 0) is 4.52 Å². The summed E-state index contributed by atoms with van der Waals surface area (Å²) in [5, 5.41) is 10.2. The highest BCUT2D eigenvalue weighted by atomic mass is 31.0. The van der Waals surface area contributed by atoms with Crippen LogP contribution in [0.5, 0.6) is 0 Å². The third-order valence-electron chi connectivity index (χ3n) is 2.19. The average molecular weight is 227 g/mol. The van der Waals surface area contributed by atoms with Gasteiger partial charge in [-0.1, -0.05) is 29.8 Å². The summed E-state index contributed by atoms with van der Waals surface area (Å²) in [6.07, 6.45) is 0.167. The predicted octanol–water partition coefficient (Wildman–Crippen LogP) is 2.51. The van der Waals surface area contributed by atoms with Crippen molar-refractivity contribution in [2.24, 2.45) is 0 Å². The molecule has 0 amide bonds. The van der Waals surface area contributed by atoms with Crippen molar-refractivity contribution in [2.45, 2.75) is 19.4 Å². The van der Waals surface area contributed by atoms with E-state index in [-0.39, 0.29) is 17.6 Å². The highest BCUT2D eigenvalue weighted by Gasteiger charge is 2.13. The first kappa shape index (κ1) is 12.1. The van der Waals surface area contributed by atoms with Gasteiger partial charge < -0.3 is 4.52 Å². The van der Waals surface area contributed by atoms with Crippen LogP contribution in [0.4, 0.5) is 0 Å². The lowest BCUT2D eigenvalue weighted by Crippen LogP contribution is -2.07. The van der Waals surface area contributed by atoms with Gasteiger partial charge in [0.15, 0.2) is 0 Å². The Hall–Kier alpha value is -0.990. The Kier molecular flexibility index (Phi) is 4.66. The van der Waals surface area contributed by atoms with Gasteiger partial charge in [0.25, 0.3) is 0 Å². The first-order valence-corrected chi connectivity index (χ1v) is 5.14. The molecule has 0 radical (unpaired) electrons. The van der Waals surface area contributed by atoms with Gasteiger partial charge in [0.2, 0.25) is 6.54 Å². The topological polar surface area (TPSA) is 52.4 Å². The highest BCUT2D eigenvalue weighted by molar-refractivity contribution is 7.09. The average Bonchev–Trinajstić information content (AvgIpc) is 2.21. The van der Waals surface area contributed by atoms with Gasteiger partial charge in [-0.05, 0) is 12.5 Å². The number of rotatable bonds is 5. The lowest BCUT2D eigenvalue weighted by Gasteiger charge is -2.13. The van der Waals surface area contributed by atoms with E-state index in [1.54, 1.807) is 0 Å². The molecule has 0 aliphatic rings. The number of nitrogens with zero attached hydrogens (tertiary/aromatic N) is 1. The number of nitro groups is 1. The van der Waals surface area contributed by atoms with Gasteiger partial charge in [0.1, 0.15) is 0 Å². The minimum atomic E-state index is -0.328. The zero-order valence-electron chi connectivity index (χ0n) is 8.55. The number of benzene rings is 1. The molecule has 0 aromatic heterocycles. The Morgan fingerprint density at radius 2 is 2.07 bits per heavy atom. The second-order valence-corrected chi connectivity index (χ2v) is 3.65. The lowest BCUT2D eigenvalue weighted by atomic mass is 10.1. The van der Waals surface area contributed by atoms with Crippen LogP contribution in [0.3, 0.4) is 0 Å². The quantitative estimate of drug-likeness (QED) is 0.441. The van der Waals surface area contributed by atoms with E-state index in [0.29, 0.717) is 6.42 Å². The third-order valence-corrected chi connectivity index (χ3v) is 2.52. The van der Waals surface area contributed by atoms with Crippen LogP contribution >= 0.6 is 9.47 Å². The molecule has 82 valence electrons. The fraction of sp³-hybridized carbons (Fsp3) is 0.400. The number of aryl methyl sites for hydroxylation is 1. The highest BCUT2D eigenvalue weighted by Crippen LogP contribution is 2.23. The molecule has 0 saturated carbocycles. The van der Waals surface area contributed by atoms with Gasteiger partial charge in [0.05, 0.1) is 6.10 Å². The number of hydrogen-bond donors (Lipinski definition) is 0. The molecule has 0 saturated heterocycles. The minimum absolute atomic E-state index is 0.0764. The third kappa shape index (κ3) is 3.94. The van der Waals surface area contributed by atoms with Crippen molar-refractivity contribution in [1.82, 2.24) is 0 Å². The molecule has 0 bridgehead atoms. The summed E-state index contributed by atoms with van der Waals surface area (Å²) < 4.78 is 5.14. The first-order chi connectivity index (χ1) is 7.13. The summed E-state index contributed by atoms with van der Waals surface area (Å²) in [4.78, 5) is 9.92. The molecule has 0 aliphatic heterocycles. The molecule has 5 heteroatoms. The monoisotopic (exact) mass is 227 g/mol. The standard InChI is InChI=1S/C10H14NO3P/c1-8-2-4-9(5-3-8)10(14-15)6-7-11(12)13/h2-5,10H,6-7,15H2,1H3. The first-order valence-electron chi connectivity index (χ1n) is 4.67. The molecule has 1 aromatic rings. The van der Waals surface area contributed by atoms with Crippen molar-refractivity contribution in [2.75, 3.05) is 6.54 Å². The Morgan fingerprint density at radius 3 is 2.53 bits per heavy atom. The predicted molar refractivity (Wildman–Crippen MR) is 61.2 cm³/mol. The molecular weight excluding hydrogens is 213 g/mol. The van der Waals surface area contributed by atoms with Crippen LogP contribution in [0.1, 0.15) is 23.7 Å². The van der Waals surface area contributed by atoms with E-state index in [0.717, 1.165) is 11.1 Å². The van der Waals surface area contributed by atoms with Crippen molar-refractivity contribution >= 4 is 9.47 Å². The second-order valence-electron chi connectivity index (χ2n) is 3.38. The van der Waals surface area contributed by atoms with Crippen LogP contribution < -0.4 is 0 Å².